The zero-order valence-corrected chi connectivity index (χ0v) is 15.7. The van der Waals surface area contributed by atoms with E-state index < -0.39 is 28.3 Å². The minimum Gasteiger partial charge on any atom is -0.486 e. The monoisotopic (exact) mass is 394 g/mol. The first-order valence-corrected chi connectivity index (χ1v) is 9.63. The number of ether oxygens (including phenoxy) is 2. The summed E-state index contributed by atoms with van der Waals surface area (Å²) in [6, 6.07) is 8.54. The lowest BCUT2D eigenvalue weighted by atomic mass is 10.2. The van der Waals surface area contributed by atoms with Crippen molar-refractivity contribution in [1.82, 2.24) is 4.31 Å². The Hall–Kier alpha value is -2.65. The van der Waals surface area contributed by atoms with Crippen LogP contribution in [0.3, 0.4) is 0 Å². The molecule has 2 aromatic rings. The van der Waals surface area contributed by atoms with Gasteiger partial charge in [-0.2, -0.15) is 4.31 Å². The van der Waals surface area contributed by atoms with E-state index in [0.717, 1.165) is 4.31 Å². The molecule has 0 aliphatic carbocycles. The molecule has 9 heteroatoms. The van der Waals surface area contributed by atoms with Gasteiger partial charge in [0.2, 0.25) is 15.9 Å². The second-order valence-electron chi connectivity index (χ2n) is 6.08. The fourth-order valence-electron chi connectivity index (χ4n) is 2.52. The molecule has 0 fully saturated rings. The summed E-state index contributed by atoms with van der Waals surface area (Å²) < 4.78 is 50.6. The van der Waals surface area contributed by atoms with Crippen LogP contribution in [0.25, 0.3) is 0 Å². The summed E-state index contributed by atoms with van der Waals surface area (Å²) in [6.45, 7) is 1.92. The SMILES string of the molecule is Cc1ccc(NC(=O)CN(C)S(=O)(=O)c2ccc3c(c2)OCCO3)cc1F. The average molecular weight is 394 g/mol. The molecule has 0 aromatic heterocycles. The van der Waals surface area contributed by atoms with E-state index in [0.29, 0.717) is 30.3 Å². The molecule has 144 valence electrons. The Bertz CT molecular complexity index is 978. The first-order valence-electron chi connectivity index (χ1n) is 8.19. The summed E-state index contributed by atoms with van der Waals surface area (Å²) in [5, 5.41) is 2.48. The van der Waals surface area contributed by atoms with Crippen LogP contribution >= 0.6 is 0 Å². The number of aryl methyl sites for hydroxylation is 1. The fourth-order valence-corrected chi connectivity index (χ4v) is 3.67. The molecule has 0 atom stereocenters. The Kier molecular flexibility index (Phi) is 5.33. The lowest BCUT2D eigenvalue weighted by Crippen LogP contribution is -2.35. The fraction of sp³-hybridized carbons (Fsp3) is 0.278. The normalized spacial score (nSPS) is 13.5. The van der Waals surface area contributed by atoms with E-state index >= 15 is 0 Å². The van der Waals surface area contributed by atoms with Gasteiger partial charge >= 0.3 is 0 Å². The van der Waals surface area contributed by atoms with Crippen molar-refractivity contribution in [2.45, 2.75) is 11.8 Å². The molecule has 0 spiro atoms. The molecule has 0 radical (unpaired) electrons. The van der Waals surface area contributed by atoms with Gasteiger partial charge in [-0.15, -0.1) is 0 Å². The number of halogens is 1. The number of anilines is 1. The van der Waals surface area contributed by atoms with Crippen LogP contribution in [0.5, 0.6) is 11.5 Å². The molecule has 7 nitrogen and oxygen atoms in total. The predicted octanol–water partition coefficient (Wildman–Crippen LogP) is 2.16. The Balaban J connectivity index is 1.71. The first kappa shape index (κ1) is 19.1. The van der Waals surface area contributed by atoms with E-state index in [-0.39, 0.29) is 10.6 Å². The topological polar surface area (TPSA) is 84.9 Å². The van der Waals surface area contributed by atoms with Crippen molar-refractivity contribution in [3.05, 3.63) is 47.8 Å². The molecule has 0 bridgehead atoms. The summed E-state index contributed by atoms with van der Waals surface area (Å²) in [5.41, 5.74) is 0.708. The Morgan fingerprint density at radius 2 is 1.85 bits per heavy atom. The summed E-state index contributed by atoms with van der Waals surface area (Å²) in [4.78, 5) is 12.1. The number of benzene rings is 2. The Morgan fingerprint density at radius 1 is 1.15 bits per heavy atom. The van der Waals surface area contributed by atoms with E-state index in [2.05, 4.69) is 5.32 Å². The molecule has 1 N–H and O–H groups in total. The summed E-state index contributed by atoms with van der Waals surface area (Å²) >= 11 is 0. The number of likely N-dealkylation sites (N-methyl/N-ethyl adjacent to an activating group) is 1. The van der Waals surface area contributed by atoms with Gasteiger partial charge in [0, 0.05) is 18.8 Å². The second-order valence-corrected chi connectivity index (χ2v) is 8.12. The van der Waals surface area contributed by atoms with Gasteiger partial charge in [-0.3, -0.25) is 4.79 Å². The second kappa shape index (κ2) is 7.53. The highest BCUT2D eigenvalue weighted by atomic mass is 32.2. The molecule has 0 unspecified atom stereocenters. The molecule has 1 heterocycles. The van der Waals surface area contributed by atoms with E-state index in [1.54, 1.807) is 13.0 Å². The highest BCUT2D eigenvalue weighted by Crippen LogP contribution is 2.32. The molecule has 0 saturated carbocycles. The number of carbonyl (C=O) groups is 1. The van der Waals surface area contributed by atoms with Crippen LogP contribution in [0, 0.1) is 12.7 Å². The van der Waals surface area contributed by atoms with Gasteiger partial charge in [-0.1, -0.05) is 6.07 Å². The number of sulfonamides is 1. The minimum atomic E-state index is -3.91. The smallest absolute Gasteiger partial charge is 0.243 e. The highest BCUT2D eigenvalue weighted by molar-refractivity contribution is 7.89. The number of amides is 1. The molecule has 1 aliphatic heterocycles. The van der Waals surface area contributed by atoms with Gasteiger partial charge in [-0.05, 0) is 36.8 Å². The van der Waals surface area contributed by atoms with Gasteiger partial charge in [-0.25, -0.2) is 12.8 Å². The standard InChI is InChI=1S/C18H19FN2O5S/c1-12-3-4-13(9-15(12)19)20-18(22)11-21(2)27(23,24)14-5-6-16-17(10-14)26-8-7-25-16/h3-6,9-10H,7-8,11H2,1-2H3,(H,20,22). The van der Waals surface area contributed by atoms with Crippen molar-refractivity contribution in [3.63, 3.8) is 0 Å². The zero-order chi connectivity index (χ0) is 19.6. The van der Waals surface area contributed by atoms with Crippen molar-refractivity contribution >= 4 is 21.6 Å². The van der Waals surface area contributed by atoms with Gasteiger partial charge in [0.05, 0.1) is 11.4 Å². The van der Waals surface area contributed by atoms with Crippen molar-refractivity contribution in [1.29, 1.82) is 0 Å². The van der Waals surface area contributed by atoms with Gasteiger partial charge in [0.15, 0.2) is 11.5 Å². The van der Waals surface area contributed by atoms with Gasteiger partial charge in [0.25, 0.3) is 0 Å². The maximum absolute atomic E-state index is 13.6. The highest BCUT2D eigenvalue weighted by Gasteiger charge is 2.25. The van der Waals surface area contributed by atoms with Gasteiger partial charge < -0.3 is 14.8 Å². The van der Waals surface area contributed by atoms with Crippen LogP contribution in [0.1, 0.15) is 5.56 Å². The molecule has 2 aromatic carbocycles. The molecule has 0 saturated heterocycles. The molecular formula is C18H19FN2O5S. The quantitative estimate of drug-likeness (QED) is 0.840. The Morgan fingerprint density at radius 3 is 2.56 bits per heavy atom. The third-order valence-corrected chi connectivity index (χ3v) is 5.84. The molecular weight excluding hydrogens is 375 g/mol. The number of hydrogen-bond acceptors (Lipinski definition) is 5. The number of rotatable bonds is 5. The number of nitrogens with one attached hydrogen (secondary N) is 1. The number of carbonyl (C=O) groups excluding carboxylic acids is 1. The van der Waals surface area contributed by atoms with Crippen molar-refractivity contribution in [2.24, 2.45) is 0 Å². The van der Waals surface area contributed by atoms with Crippen LogP contribution in [0.15, 0.2) is 41.3 Å². The lowest BCUT2D eigenvalue weighted by molar-refractivity contribution is -0.116. The minimum absolute atomic E-state index is 0.0107. The third kappa shape index (κ3) is 4.20. The van der Waals surface area contributed by atoms with Crippen LogP contribution in [-0.4, -0.2) is 45.4 Å². The third-order valence-electron chi connectivity index (χ3n) is 4.04. The maximum Gasteiger partial charge on any atom is 0.243 e. The molecule has 3 rings (SSSR count). The maximum atomic E-state index is 13.6. The summed E-state index contributed by atoms with van der Waals surface area (Å²) in [7, 11) is -2.62. The van der Waals surface area contributed by atoms with Crippen molar-refractivity contribution in [3.8, 4) is 11.5 Å². The van der Waals surface area contributed by atoms with E-state index in [4.69, 9.17) is 9.47 Å². The van der Waals surface area contributed by atoms with Crippen LogP contribution < -0.4 is 14.8 Å². The number of hydrogen-bond donors (Lipinski definition) is 1. The molecule has 1 amide bonds. The predicted molar refractivity (Wildman–Crippen MR) is 97.0 cm³/mol. The van der Waals surface area contributed by atoms with E-state index in [1.165, 1.54) is 37.4 Å². The Labute approximate surface area is 156 Å². The first-order chi connectivity index (χ1) is 12.8. The van der Waals surface area contributed by atoms with Crippen LogP contribution in [0.4, 0.5) is 10.1 Å². The van der Waals surface area contributed by atoms with Crippen molar-refractivity contribution < 1.29 is 27.1 Å². The van der Waals surface area contributed by atoms with Crippen LogP contribution in [0.2, 0.25) is 0 Å². The molecule has 1 aliphatic rings. The molecule has 27 heavy (non-hydrogen) atoms. The summed E-state index contributed by atoms with van der Waals surface area (Å²) in [6.07, 6.45) is 0. The number of nitrogens with zero attached hydrogens (tertiary/aromatic N) is 1. The van der Waals surface area contributed by atoms with Crippen molar-refractivity contribution in [2.75, 3.05) is 32.1 Å². The van der Waals surface area contributed by atoms with Gasteiger partial charge in [0.1, 0.15) is 19.0 Å². The van der Waals surface area contributed by atoms with E-state index in [1.807, 2.05) is 0 Å². The summed E-state index contributed by atoms with van der Waals surface area (Å²) in [5.74, 6) is -0.218. The largest absolute Gasteiger partial charge is 0.486 e. The average Bonchev–Trinajstić information content (AvgIpc) is 2.64. The van der Waals surface area contributed by atoms with Crippen LogP contribution in [-0.2, 0) is 14.8 Å². The van der Waals surface area contributed by atoms with E-state index in [9.17, 15) is 17.6 Å². The zero-order valence-electron chi connectivity index (χ0n) is 14.9. The number of fused-ring (bicyclic) bond motifs is 1. The lowest BCUT2D eigenvalue weighted by Gasteiger charge is -2.21.